The lowest BCUT2D eigenvalue weighted by Crippen LogP contribution is -2.38. The highest BCUT2D eigenvalue weighted by Gasteiger charge is 2.34. The van der Waals surface area contributed by atoms with Crippen molar-refractivity contribution in [3.8, 4) is 11.8 Å². The molecule has 0 bridgehead atoms. The molecule has 14 heavy (non-hydrogen) atoms. The second-order valence-corrected chi connectivity index (χ2v) is 5.19. The molecule has 0 aromatic heterocycles. The lowest BCUT2D eigenvalue weighted by atomic mass is 9.66. The molecule has 0 radical (unpaired) electrons. The van der Waals surface area contributed by atoms with Gasteiger partial charge in [0.2, 0.25) is 0 Å². The van der Waals surface area contributed by atoms with Crippen LogP contribution in [0, 0.1) is 23.2 Å². The Hall–Kier alpha value is -0.480. The SMILES string of the molecule is CC#CCCC1CC(N)CCC1(C)C. The van der Waals surface area contributed by atoms with Crippen molar-refractivity contribution in [2.45, 2.75) is 58.9 Å². The van der Waals surface area contributed by atoms with E-state index in [0.717, 1.165) is 12.3 Å². The number of rotatable bonds is 2. The first-order valence-corrected chi connectivity index (χ1v) is 5.71. The summed E-state index contributed by atoms with van der Waals surface area (Å²) >= 11 is 0. The number of nitrogens with two attached hydrogens (primary N) is 1. The second-order valence-electron chi connectivity index (χ2n) is 5.19. The third-order valence-corrected chi connectivity index (χ3v) is 3.65. The predicted octanol–water partition coefficient (Wildman–Crippen LogP) is 2.94. The minimum Gasteiger partial charge on any atom is -0.328 e. The van der Waals surface area contributed by atoms with E-state index >= 15 is 0 Å². The molecule has 1 fully saturated rings. The predicted molar refractivity (Wildman–Crippen MR) is 61.8 cm³/mol. The Morgan fingerprint density at radius 1 is 1.43 bits per heavy atom. The Balaban J connectivity index is 2.48. The van der Waals surface area contributed by atoms with Gasteiger partial charge >= 0.3 is 0 Å². The number of hydrogen-bond acceptors (Lipinski definition) is 1. The molecule has 1 aliphatic carbocycles. The lowest BCUT2D eigenvalue weighted by Gasteiger charge is -2.41. The third kappa shape index (κ3) is 3.03. The van der Waals surface area contributed by atoms with Crippen molar-refractivity contribution in [3.05, 3.63) is 0 Å². The van der Waals surface area contributed by atoms with Crippen molar-refractivity contribution < 1.29 is 0 Å². The summed E-state index contributed by atoms with van der Waals surface area (Å²) in [5, 5.41) is 0. The van der Waals surface area contributed by atoms with E-state index in [1.54, 1.807) is 0 Å². The second kappa shape index (κ2) is 4.84. The first-order chi connectivity index (χ1) is 6.56. The zero-order valence-corrected chi connectivity index (χ0v) is 9.77. The van der Waals surface area contributed by atoms with E-state index in [9.17, 15) is 0 Å². The molecular formula is C13H23N. The van der Waals surface area contributed by atoms with Crippen LogP contribution in [0.15, 0.2) is 0 Å². The van der Waals surface area contributed by atoms with Crippen LogP contribution in [-0.2, 0) is 0 Å². The molecule has 1 heteroatoms. The summed E-state index contributed by atoms with van der Waals surface area (Å²) in [6.07, 6.45) is 5.93. The van der Waals surface area contributed by atoms with Gasteiger partial charge in [0.05, 0.1) is 0 Å². The van der Waals surface area contributed by atoms with Crippen molar-refractivity contribution in [2.75, 3.05) is 0 Å². The topological polar surface area (TPSA) is 26.0 Å². The summed E-state index contributed by atoms with van der Waals surface area (Å²) < 4.78 is 0. The summed E-state index contributed by atoms with van der Waals surface area (Å²) in [4.78, 5) is 0. The monoisotopic (exact) mass is 193 g/mol. The quantitative estimate of drug-likeness (QED) is 0.670. The van der Waals surface area contributed by atoms with E-state index in [1.807, 2.05) is 6.92 Å². The minimum absolute atomic E-state index is 0.433. The van der Waals surface area contributed by atoms with Gasteiger partial charge in [-0.25, -0.2) is 0 Å². The van der Waals surface area contributed by atoms with Crippen molar-refractivity contribution in [3.63, 3.8) is 0 Å². The molecule has 1 saturated carbocycles. The van der Waals surface area contributed by atoms with Crippen LogP contribution in [0.2, 0.25) is 0 Å². The fraction of sp³-hybridized carbons (Fsp3) is 0.846. The Morgan fingerprint density at radius 3 is 2.79 bits per heavy atom. The highest BCUT2D eigenvalue weighted by molar-refractivity contribution is 4.97. The van der Waals surface area contributed by atoms with Gasteiger partial charge < -0.3 is 5.73 Å². The molecule has 1 aliphatic rings. The average molecular weight is 193 g/mol. The molecule has 0 aromatic carbocycles. The third-order valence-electron chi connectivity index (χ3n) is 3.65. The molecule has 80 valence electrons. The van der Waals surface area contributed by atoms with Crippen LogP contribution in [0.25, 0.3) is 0 Å². The van der Waals surface area contributed by atoms with Crippen molar-refractivity contribution in [1.29, 1.82) is 0 Å². The molecule has 2 unspecified atom stereocenters. The maximum Gasteiger partial charge on any atom is 0.00914 e. The van der Waals surface area contributed by atoms with E-state index in [4.69, 9.17) is 5.73 Å². The molecular weight excluding hydrogens is 170 g/mol. The summed E-state index contributed by atoms with van der Waals surface area (Å²) in [5.74, 6) is 6.89. The number of hydrogen-bond donors (Lipinski definition) is 1. The van der Waals surface area contributed by atoms with E-state index in [-0.39, 0.29) is 0 Å². The van der Waals surface area contributed by atoms with Crippen LogP contribution in [0.5, 0.6) is 0 Å². The fourth-order valence-corrected chi connectivity index (χ4v) is 2.44. The zero-order valence-electron chi connectivity index (χ0n) is 9.77. The zero-order chi connectivity index (χ0) is 10.6. The average Bonchev–Trinajstić information content (AvgIpc) is 2.12. The molecule has 0 aromatic rings. The first-order valence-electron chi connectivity index (χ1n) is 5.71. The Bertz CT molecular complexity index is 231. The van der Waals surface area contributed by atoms with Crippen LogP contribution in [-0.4, -0.2) is 6.04 Å². The van der Waals surface area contributed by atoms with Gasteiger partial charge in [0.25, 0.3) is 0 Å². The van der Waals surface area contributed by atoms with Crippen LogP contribution >= 0.6 is 0 Å². The summed E-state index contributed by atoms with van der Waals surface area (Å²) in [5.41, 5.74) is 6.49. The van der Waals surface area contributed by atoms with Crippen LogP contribution < -0.4 is 5.73 Å². The van der Waals surface area contributed by atoms with Gasteiger partial charge in [-0.2, -0.15) is 0 Å². The van der Waals surface area contributed by atoms with E-state index < -0.39 is 0 Å². The van der Waals surface area contributed by atoms with Crippen LogP contribution in [0.3, 0.4) is 0 Å². The van der Waals surface area contributed by atoms with E-state index in [0.29, 0.717) is 11.5 Å². The van der Waals surface area contributed by atoms with Gasteiger partial charge in [-0.3, -0.25) is 0 Å². The molecule has 0 heterocycles. The van der Waals surface area contributed by atoms with Gasteiger partial charge in [0, 0.05) is 12.5 Å². The highest BCUT2D eigenvalue weighted by Crippen LogP contribution is 2.42. The molecule has 0 saturated heterocycles. The Kier molecular flexibility index (Phi) is 4.01. The van der Waals surface area contributed by atoms with Crippen LogP contribution in [0.4, 0.5) is 0 Å². The van der Waals surface area contributed by atoms with Crippen molar-refractivity contribution >= 4 is 0 Å². The summed E-state index contributed by atoms with van der Waals surface area (Å²) in [7, 11) is 0. The first kappa shape index (κ1) is 11.6. The van der Waals surface area contributed by atoms with E-state index in [2.05, 4.69) is 25.7 Å². The molecule has 1 rings (SSSR count). The maximum atomic E-state index is 6.01. The van der Waals surface area contributed by atoms with Gasteiger partial charge in [-0.15, -0.1) is 11.8 Å². The molecule has 0 aliphatic heterocycles. The van der Waals surface area contributed by atoms with Gasteiger partial charge in [0.1, 0.15) is 0 Å². The normalized spacial score (nSPS) is 30.6. The summed E-state index contributed by atoms with van der Waals surface area (Å²) in [6.45, 7) is 6.67. The molecule has 2 atom stereocenters. The molecule has 1 nitrogen and oxygen atoms in total. The summed E-state index contributed by atoms with van der Waals surface area (Å²) in [6, 6.07) is 0.433. The fourth-order valence-electron chi connectivity index (χ4n) is 2.44. The Labute approximate surface area is 88.5 Å². The van der Waals surface area contributed by atoms with Gasteiger partial charge in [0.15, 0.2) is 0 Å². The highest BCUT2D eigenvalue weighted by atomic mass is 14.6. The Morgan fingerprint density at radius 2 is 2.14 bits per heavy atom. The maximum absolute atomic E-state index is 6.01. The van der Waals surface area contributed by atoms with Crippen LogP contribution in [0.1, 0.15) is 52.9 Å². The standard InChI is InChI=1S/C13H23N/c1-4-5-6-7-11-10-12(14)8-9-13(11,2)3/h11-12H,6-10,14H2,1-3H3. The van der Waals surface area contributed by atoms with Crippen molar-refractivity contribution in [2.24, 2.45) is 17.1 Å². The largest absolute Gasteiger partial charge is 0.328 e. The van der Waals surface area contributed by atoms with E-state index in [1.165, 1.54) is 25.7 Å². The van der Waals surface area contributed by atoms with Crippen molar-refractivity contribution in [1.82, 2.24) is 0 Å². The molecule has 2 N–H and O–H groups in total. The van der Waals surface area contributed by atoms with Gasteiger partial charge in [-0.1, -0.05) is 13.8 Å². The lowest BCUT2D eigenvalue weighted by molar-refractivity contribution is 0.117. The molecule has 0 spiro atoms. The van der Waals surface area contributed by atoms with Gasteiger partial charge in [-0.05, 0) is 43.9 Å². The molecule has 0 amide bonds. The minimum atomic E-state index is 0.433. The smallest absolute Gasteiger partial charge is 0.00914 e.